The molecule has 1 aromatic carbocycles. The first kappa shape index (κ1) is 15.7. The van der Waals surface area contributed by atoms with Crippen molar-refractivity contribution in [1.29, 1.82) is 5.26 Å². The van der Waals surface area contributed by atoms with E-state index in [1.165, 1.54) is 12.3 Å². The fraction of sp³-hybridized carbons (Fsp3) is 0.333. The van der Waals surface area contributed by atoms with Gasteiger partial charge in [0.05, 0.1) is 0 Å². The third-order valence-corrected chi connectivity index (χ3v) is 2.35. The number of carbonyl (C=O) groups excluding carboxylic acids is 1. The Morgan fingerprint density at radius 1 is 1.40 bits per heavy atom. The number of benzene rings is 1. The van der Waals surface area contributed by atoms with Crippen LogP contribution in [0.5, 0.6) is 0 Å². The molecule has 0 aliphatic rings. The van der Waals surface area contributed by atoms with E-state index in [-0.39, 0.29) is 17.9 Å². The molecule has 0 aliphatic heterocycles. The molecular formula is C15H18FN3O. The molecular weight excluding hydrogens is 257 g/mol. The smallest absolute Gasteiger partial charge is 0.263 e. The minimum absolute atomic E-state index is 0.0451. The van der Waals surface area contributed by atoms with Gasteiger partial charge in [0.15, 0.2) is 0 Å². The summed E-state index contributed by atoms with van der Waals surface area (Å²) in [6, 6.07) is 8.14. The second-order valence-corrected chi connectivity index (χ2v) is 5.35. The molecule has 0 saturated carbocycles. The Kier molecular flexibility index (Phi) is 5.27. The first-order valence-electron chi connectivity index (χ1n) is 6.23. The molecule has 0 spiro atoms. The maximum atomic E-state index is 13.4. The number of nitrogens with one attached hydrogen (secondary N) is 2. The molecule has 0 radical (unpaired) electrons. The van der Waals surface area contributed by atoms with Crippen molar-refractivity contribution in [2.75, 3.05) is 0 Å². The highest BCUT2D eigenvalue weighted by atomic mass is 19.1. The van der Waals surface area contributed by atoms with Gasteiger partial charge in [-0.05, 0) is 26.8 Å². The molecule has 1 aromatic rings. The van der Waals surface area contributed by atoms with Gasteiger partial charge in [-0.15, -0.1) is 0 Å². The van der Waals surface area contributed by atoms with Crippen LogP contribution in [0.25, 0.3) is 0 Å². The summed E-state index contributed by atoms with van der Waals surface area (Å²) < 4.78 is 13.4. The summed E-state index contributed by atoms with van der Waals surface area (Å²) in [6.07, 6.45) is 1.30. The van der Waals surface area contributed by atoms with Crippen LogP contribution < -0.4 is 10.6 Å². The monoisotopic (exact) mass is 275 g/mol. The van der Waals surface area contributed by atoms with E-state index >= 15 is 0 Å². The summed E-state index contributed by atoms with van der Waals surface area (Å²) in [4.78, 5) is 11.8. The van der Waals surface area contributed by atoms with Crippen molar-refractivity contribution in [3.63, 3.8) is 0 Å². The number of amides is 1. The van der Waals surface area contributed by atoms with E-state index < -0.39 is 11.4 Å². The SMILES string of the molecule is CC(C)(C)NC(=O)/C(C#N)=C\NCc1ccccc1F. The molecule has 0 heterocycles. The van der Waals surface area contributed by atoms with E-state index in [9.17, 15) is 9.18 Å². The van der Waals surface area contributed by atoms with Gasteiger partial charge in [-0.3, -0.25) is 4.79 Å². The summed E-state index contributed by atoms with van der Waals surface area (Å²) in [5, 5.41) is 14.4. The lowest BCUT2D eigenvalue weighted by molar-refractivity contribution is -0.118. The van der Waals surface area contributed by atoms with Gasteiger partial charge in [0, 0.05) is 23.8 Å². The van der Waals surface area contributed by atoms with Crippen LogP contribution in [0.1, 0.15) is 26.3 Å². The van der Waals surface area contributed by atoms with Gasteiger partial charge in [-0.1, -0.05) is 18.2 Å². The van der Waals surface area contributed by atoms with Crippen LogP contribution in [0, 0.1) is 17.1 Å². The van der Waals surface area contributed by atoms with Crippen LogP contribution in [-0.4, -0.2) is 11.4 Å². The lowest BCUT2D eigenvalue weighted by atomic mass is 10.1. The topological polar surface area (TPSA) is 64.9 Å². The molecule has 0 atom stereocenters. The Hall–Kier alpha value is -2.35. The largest absolute Gasteiger partial charge is 0.385 e. The molecule has 0 aliphatic carbocycles. The second kappa shape index (κ2) is 6.71. The van der Waals surface area contributed by atoms with Gasteiger partial charge < -0.3 is 10.6 Å². The van der Waals surface area contributed by atoms with Crippen molar-refractivity contribution in [2.24, 2.45) is 0 Å². The van der Waals surface area contributed by atoms with Crippen LogP contribution in [0.4, 0.5) is 4.39 Å². The molecule has 20 heavy (non-hydrogen) atoms. The van der Waals surface area contributed by atoms with Gasteiger partial charge in [0.25, 0.3) is 5.91 Å². The van der Waals surface area contributed by atoms with E-state index in [1.807, 2.05) is 26.8 Å². The van der Waals surface area contributed by atoms with Crippen molar-refractivity contribution in [3.8, 4) is 6.07 Å². The molecule has 1 rings (SSSR count). The zero-order chi connectivity index (χ0) is 15.2. The van der Waals surface area contributed by atoms with Crippen LogP contribution in [0.15, 0.2) is 36.0 Å². The highest BCUT2D eigenvalue weighted by Crippen LogP contribution is 2.06. The van der Waals surface area contributed by atoms with Gasteiger partial charge in [-0.2, -0.15) is 5.26 Å². The van der Waals surface area contributed by atoms with E-state index in [0.29, 0.717) is 5.56 Å². The van der Waals surface area contributed by atoms with Crippen LogP contribution in [0.2, 0.25) is 0 Å². The van der Waals surface area contributed by atoms with Crippen molar-refractivity contribution in [3.05, 3.63) is 47.4 Å². The zero-order valence-corrected chi connectivity index (χ0v) is 11.8. The van der Waals surface area contributed by atoms with Gasteiger partial charge >= 0.3 is 0 Å². The molecule has 1 amide bonds. The molecule has 0 unspecified atom stereocenters. The number of carbonyl (C=O) groups is 1. The Labute approximate surface area is 118 Å². The molecule has 5 heteroatoms. The third-order valence-electron chi connectivity index (χ3n) is 2.35. The van der Waals surface area contributed by atoms with Gasteiger partial charge in [-0.25, -0.2) is 4.39 Å². The number of halogens is 1. The fourth-order valence-corrected chi connectivity index (χ4v) is 1.46. The summed E-state index contributed by atoms with van der Waals surface area (Å²) in [5.74, 6) is -0.785. The standard InChI is InChI=1S/C15H18FN3O/c1-15(2,3)19-14(20)12(8-17)10-18-9-11-6-4-5-7-13(11)16/h4-7,10,18H,9H2,1-3H3,(H,19,20)/b12-10-. The highest BCUT2D eigenvalue weighted by molar-refractivity contribution is 5.97. The predicted molar refractivity (Wildman–Crippen MR) is 74.8 cm³/mol. The van der Waals surface area contributed by atoms with Crippen LogP contribution >= 0.6 is 0 Å². The van der Waals surface area contributed by atoms with E-state index in [2.05, 4.69) is 10.6 Å². The molecule has 0 bridgehead atoms. The number of rotatable bonds is 4. The van der Waals surface area contributed by atoms with Crippen LogP contribution in [0.3, 0.4) is 0 Å². The normalized spacial score (nSPS) is 11.7. The fourth-order valence-electron chi connectivity index (χ4n) is 1.46. The number of nitrogens with zero attached hydrogens (tertiary/aromatic N) is 1. The maximum absolute atomic E-state index is 13.4. The average Bonchev–Trinajstić information content (AvgIpc) is 2.34. The van der Waals surface area contributed by atoms with Crippen molar-refractivity contribution in [2.45, 2.75) is 32.9 Å². The minimum atomic E-state index is -0.457. The minimum Gasteiger partial charge on any atom is -0.385 e. The van der Waals surface area contributed by atoms with Crippen molar-refractivity contribution in [1.82, 2.24) is 10.6 Å². The molecule has 2 N–H and O–H groups in total. The lowest BCUT2D eigenvalue weighted by Crippen LogP contribution is -2.41. The van der Waals surface area contributed by atoms with Gasteiger partial charge in [0.2, 0.25) is 0 Å². The molecule has 0 aromatic heterocycles. The van der Waals surface area contributed by atoms with Crippen molar-refractivity contribution < 1.29 is 9.18 Å². The average molecular weight is 275 g/mol. The lowest BCUT2D eigenvalue weighted by Gasteiger charge is -2.20. The number of nitriles is 1. The molecule has 0 fully saturated rings. The Morgan fingerprint density at radius 3 is 2.60 bits per heavy atom. The Balaban J connectivity index is 2.66. The summed E-state index contributed by atoms with van der Waals surface area (Å²) >= 11 is 0. The molecule has 4 nitrogen and oxygen atoms in total. The predicted octanol–water partition coefficient (Wildman–Crippen LogP) is 2.24. The summed E-state index contributed by atoms with van der Waals surface area (Å²) in [6.45, 7) is 5.69. The molecule has 106 valence electrons. The summed E-state index contributed by atoms with van der Waals surface area (Å²) in [7, 11) is 0. The number of hydrogen-bond donors (Lipinski definition) is 2. The van der Waals surface area contributed by atoms with Crippen LogP contribution in [-0.2, 0) is 11.3 Å². The first-order valence-corrected chi connectivity index (χ1v) is 6.23. The highest BCUT2D eigenvalue weighted by Gasteiger charge is 2.16. The maximum Gasteiger partial charge on any atom is 0.263 e. The van der Waals surface area contributed by atoms with E-state index in [1.54, 1.807) is 18.2 Å². The second-order valence-electron chi connectivity index (χ2n) is 5.35. The Bertz CT molecular complexity index is 553. The Morgan fingerprint density at radius 2 is 2.05 bits per heavy atom. The molecule has 0 saturated heterocycles. The first-order chi connectivity index (χ1) is 9.33. The van der Waals surface area contributed by atoms with E-state index in [0.717, 1.165) is 0 Å². The zero-order valence-electron chi connectivity index (χ0n) is 11.8. The van der Waals surface area contributed by atoms with Gasteiger partial charge in [0.1, 0.15) is 17.5 Å². The number of hydrogen-bond acceptors (Lipinski definition) is 3. The van der Waals surface area contributed by atoms with E-state index in [4.69, 9.17) is 5.26 Å². The third kappa shape index (κ3) is 5.11. The van der Waals surface area contributed by atoms with Crippen molar-refractivity contribution >= 4 is 5.91 Å². The quantitative estimate of drug-likeness (QED) is 0.654. The summed E-state index contributed by atoms with van der Waals surface area (Å²) in [5.41, 5.74) is 0.00647.